The fourth-order valence-corrected chi connectivity index (χ4v) is 1.66. The number of carbonyl (C=O) groups excluding carboxylic acids is 1. The molecule has 1 aromatic rings. The zero-order valence-electron chi connectivity index (χ0n) is 11.2. The van der Waals surface area contributed by atoms with Crippen molar-refractivity contribution in [3.05, 3.63) is 29.8 Å². The number of thiocarbonyl (C=S) groups is 1. The summed E-state index contributed by atoms with van der Waals surface area (Å²) in [5.74, 6) is -0.326. The highest BCUT2D eigenvalue weighted by molar-refractivity contribution is 7.80. The van der Waals surface area contributed by atoms with Crippen LogP contribution < -0.4 is 10.5 Å². The monoisotopic (exact) mass is 302 g/mol. The summed E-state index contributed by atoms with van der Waals surface area (Å²) in [5, 5.41) is 0. The number of rotatable bonds is 6. The first-order chi connectivity index (χ1) is 9.31. The number of nitrogens with zero attached hydrogens (tertiary/aromatic N) is 1. The third kappa shape index (κ3) is 4.73. The van der Waals surface area contributed by atoms with Crippen LogP contribution >= 0.6 is 12.2 Å². The molecule has 0 aliphatic heterocycles. The minimum Gasteiger partial charge on any atom is -0.435 e. The fourth-order valence-electron chi connectivity index (χ4n) is 1.58. The summed E-state index contributed by atoms with van der Waals surface area (Å²) in [6.45, 7) is -0.666. The van der Waals surface area contributed by atoms with E-state index in [9.17, 15) is 13.6 Å². The Kier molecular flexibility index (Phi) is 5.82. The van der Waals surface area contributed by atoms with E-state index in [2.05, 4.69) is 4.74 Å². The van der Waals surface area contributed by atoms with Gasteiger partial charge in [-0.1, -0.05) is 19.1 Å². The largest absolute Gasteiger partial charge is 0.435 e. The Hall–Kier alpha value is -1.76. The Bertz CT molecular complexity index is 480. The Labute approximate surface area is 121 Å². The average molecular weight is 302 g/mol. The summed E-state index contributed by atoms with van der Waals surface area (Å²) < 4.78 is 28.2. The van der Waals surface area contributed by atoms with Crippen LogP contribution in [0.15, 0.2) is 24.3 Å². The van der Waals surface area contributed by atoms with Crippen molar-refractivity contribution in [1.82, 2.24) is 4.90 Å². The van der Waals surface area contributed by atoms with Crippen LogP contribution in [0.25, 0.3) is 0 Å². The predicted octanol–water partition coefficient (Wildman–Crippen LogP) is 2.28. The molecule has 0 fully saturated rings. The van der Waals surface area contributed by atoms with Crippen molar-refractivity contribution in [3.63, 3.8) is 0 Å². The van der Waals surface area contributed by atoms with Crippen molar-refractivity contribution in [1.29, 1.82) is 0 Å². The minimum absolute atomic E-state index is 0.00991. The quantitative estimate of drug-likeness (QED) is 0.819. The zero-order valence-corrected chi connectivity index (χ0v) is 12.0. The van der Waals surface area contributed by atoms with E-state index in [0.29, 0.717) is 17.1 Å². The van der Waals surface area contributed by atoms with E-state index in [4.69, 9.17) is 18.0 Å². The SMILES string of the molecule is CC(CN(C)C(=O)c1ccc(OC(F)F)cc1)C(N)=S. The molecule has 0 bridgehead atoms. The lowest BCUT2D eigenvalue weighted by Gasteiger charge is -2.21. The maximum atomic E-state index is 12.1. The summed E-state index contributed by atoms with van der Waals surface area (Å²) in [7, 11) is 1.63. The van der Waals surface area contributed by atoms with Crippen LogP contribution in [0.1, 0.15) is 17.3 Å². The number of benzene rings is 1. The van der Waals surface area contributed by atoms with Gasteiger partial charge in [-0.2, -0.15) is 8.78 Å². The summed E-state index contributed by atoms with van der Waals surface area (Å²) in [4.78, 5) is 13.9. The highest BCUT2D eigenvalue weighted by Gasteiger charge is 2.16. The third-order valence-corrected chi connectivity index (χ3v) is 3.11. The van der Waals surface area contributed by atoms with Crippen LogP contribution in [0, 0.1) is 5.92 Å². The van der Waals surface area contributed by atoms with Crippen molar-refractivity contribution in [2.75, 3.05) is 13.6 Å². The Morgan fingerprint density at radius 3 is 2.40 bits per heavy atom. The molecule has 0 aliphatic rings. The van der Waals surface area contributed by atoms with Crippen LogP contribution in [-0.4, -0.2) is 36.0 Å². The number of nitrogens with two attached hydrogens (primary N) is 1. The average Bonchev–Trinajstić information content (AvgIpc) is 2.37. The first-order valence-electron chi connectivity index (χ1n) is 5.91. The summed E-state index contributed by atoms with van der Waals surface area (Å²) >= 11 is 4.85. The zero-order chi connectivity index (χ0) is 15.3. The fraction of sp³-hybridized carbons (Fsp3) is 0.385. The van der Waals surface area contributed by atoms with Crippen LogP contribution in [0.5, 0.6) is 5.75 Å². The first-order valence-corrected chi connectivity index (χ1v) is 6.31. The highest BCUT2D eigenvalue weighted by atomic mass is 32.1. The summed E-state index contributed by atoms with van der Waals surface area (Å²) in [6.07, 6.45) is 0. The summed E-state index contributed by atoms with van der Waals surface area (Å²) in [6, 6.07) is 5.51. The molecule has 0 saturated heterocycles. The molecule has 1 rings (SSSR count). The predicted molar refractivity (Wildman–Crippen MR) is 76.0 cm³/mol. The van der Waals surface area contributed by atoms with Gasteiger partial charge in [0.1, 0.15) is 5.75 Å². The van der Waals surface area contributed by atoms with Crippen molar-refractivity contribution < 1.29 is 18.3 Å². The van der Waals surface area contributed by atoms with Gasteiger partial charge < -0.3 is 15.4 Å². The lowest BCUT2D eigenvalue weighted by Crippen LogP contribution is -2.35. The van der Waals surface area contributed by atoms with E-state index in [1.807, 2.05) is 6.92 Å². The molecular weight excluding hydrogens is 286 g/mol. The lowest BCUT2D eigenvalue weighted by atomic mass is 10.1. The molecule has 7 heteroatoms. The van der Waals surface area contributed by atoms with E-state index in [1.165, 1.54) is 29.2 Å². The molecule has 1 unspecified atom stereocenters. The van der Waals surface area contributed by atoms with Gasteiger partial charge in [0.05, 0.1) is 4.99 Å². The number of hydrogen-bond donors (Lipinski definition) is 1. The Balaban J connectivity index is 2.69. The first kappa shape index (κ1) is 16.3. The third-order valence-electron chi connectivity index (χ3n) is 2.71. The molecule has 0 saturated carbocycles. The van der Waals surface area contributed by atoms with Gasteiger partial charge in [0, 0.05) is 25.1 Å². The molecule has 1 aromatic carbocycles. The van der Waals surface area contributed by atoms with Crippen molar-refractivity contribution >= 4 is 23.1 Å². The molecule has 0 heterocycles. The number of amides is 1. The standard InChI is InChI=1S/C13H16F2N2O2S/c1-8(11(16)20)7-17(2)12(18)9-3-5-10(6-4-9)19-13(14)15/h3-6,8,13H,7H2,1-2H3,(H2,16,20). The smallest absolute Gasteiger partial charge is 0.387 e. The molecule has 4 nitrogen and oxygen atoms in total. The molecule has 0 radical (unpaired) electrons. The summed E-state index contributed by atoms with van der Waals surface area (Å²) in [5.41, 5.74) is 5.87. The van der Waals surface area contributed by atoms with E-state index >= 15 is 0 Å². The van der Waals surface area contributed by atoms with Gasteiger partial charge >= 0.3 is 6.61 Å². The van der Waals surface area contributed by atoms with Crippen LogP contribution in [-0.2, 0) is 0 Å². The number of carbonyl (C=O) groups is 1. The Morgan fingerprint density at radius 1 is 1.40 bits per heavy atom. The molecule has 20 heavy (non-hydrogen) atoms. The number of halogens is 2. The topological polar surface area (TPSA) is 55.6 Å². The molecule has 0 spiro atoms. The molecule has 1 atom stereocenters. The van der Waals surface area contributed by atoms with E-state index in [1.54, 1.807) is 7.05 Å². The van der Waals surface area contributed by atoms with Gasteiger partial charge in [-0.05, 0) is 24.3 Å². The van der Waals surface area contributed by atoms with Gasteiger partial charge in [-0.3, -0.25) is 4.79 Å². The second-order valence-electron chi connectivity index (χ2n) is 4.39. The highest BCUT2D eigenvalue weighted by Crippen LogP contribution is 2.16. The van der Waals surface area contributed by atoms with Gasteiger partial charge in [-0.15, -0.1) is 0 Å². The maximum Gasteiger partial charge on any atom is 0.387 e. The van der Waals surface area contributed by atoms with Gasteiger partial charge in [0.25, 0.3) is 5.91 Å². The lowest BCUT2D eigenvalue weighted by molar-refractivity contribution is -0.0498. The van der Waals surface area contributed by atoms with E-state index in [0.717, 1.165) is 0 Å². The van der Waals surface area contributed by atoms with Crippen LogP contribution in [0.3, 0.4) is 0 Å². The van der Waals surface area contributed by atoms with E-state index < -0.39 is 6.61 Å². The van der Waals surface area contributed by atoms with Gasteiger partial charge in [0.2, 0.25) is 0 Å². The Morgan fingerprint density at radius 2 is 1.95 bits per heavy atom. The number of alkyl halides is 2. The van der Waals surface area contributed by atoms with Crippen molar-refractivity contribution in [3.8, 4) is 5.75 Å². The van der Waals surface area contributed by atoms with Crippen molar-refractivity contribution in [2.45, 2.75) is 13.5 Å². The molecule has 0 aliphatic carbocycles. The minimum atomic E-state index is -2.88. The molecule has 0 aromatic heterocycles. The second-order valence-corrected chi connectivity index (χ2v) is 4.86. The van der Waals surface area contributed by atoms with E-state index in [-0.39, 0.29) is 17.6 Å². The van der Waals surface area contributed by atoms with Gasteiger partial charge in [-0.25, -0.2) is 0 Å². The van der Waals surface area contributed by atoms with Crippen LogP contribution in [0.4, 0.5) is 8.78 Å². The molecule has 1 amide bonds. The van der Waals surface area contributed by atoms with Crippen LogP contribution in [0.2, 0.25) is 0 Å². The van der Waals surface area contributed by atoms with Gasteiger partial charge in [0.15, 0.2) is 0 Å². The molecular formula is C13H16F2N2O2S. The maximum absolute atomic E-state index is 12.1. The number of ether oxygens (including phenoxy) is 1. The second kappa shape index (κ2) is 7.14. The molecule has 2 N–H and O–H groups in total. The number of hydrogen-bond acceptors (Lipinski definition) is 3. The van der Waals surface area contributed by atoms with Crippen molar-refractivity contribution in [2.24, 2.45) is 11.7 Å². The normalized spacial score (nSPS) is 12.1. The molecule has 110 valence electrons.